The van der Waals surface area contributed by atoms with Crippen LogP contribution in [0.15, 0.2) is 60.7 Å². The molecule has 0 amide bonds. The fraction of sp³-hybridized carbons (Fsp3) is 0.385. The summed E-state index contributed by atoms with van der Waals surface area (Å²) in [7, 11) is 0. The monoisotopic (exact) mass is 403 g/mol. The van der Waals surface area contributed by atoms with Gasteiger partial charge in [-0.25, -0.2) is 0 Å². The highest BCUT2D eigenvalue weighted by Gasteiger charge is 2.43. The second kappa shape index (κ2) is 7.69. The van der Waals surface area contributed by atoms with E-state index in [4.69, 9.17) is 4.74 Å². The summed E-state index contributed by atoms with van der Waals surface area (Å²) >= 11 is 0. The molecule has 3 aromatic rings. The number of aliphatic hydroxyl groups excluding tert-OH is 2. The predicted molar refractivity (Wildman–Crippen MR) is 119 cm³/mol. The van der Waals surface area contributed by atoms with E-state index < -0.39 is 12.2 Å². The maximum atomic E-state index is 10.8. The summed E-state index contributed by atoms with van der Waals surface area (Å²) in [6.45, 7) is 4.38. The van der Waals surface area contributed by atoms with Crippen LogP contribution in [0.1, 0.15) is 48.2 Å². The maximum Gasteiger partial charge on any atom is 0.125 e. The van der Waals surface area contributed by atoms with Gasteiger partial charge in [0, 0.05) is 31.6 Å². The molecule has 2 atom stereocenters. The second-order valence-corrected chi connectivity index (χ2v) is 8.97. The van der Waals surface area contributed by atoms with Crippen LogP contribution in [-0.4, -0.2) is 40.3 Å². The molecule has 0 radical (unpaired) electrons. The number of piperidine rings is 1. The average molecular weight is 404 g/mol. The second-order valence-electron chi connectivity index (χ2n) is 8.97. The van der Waals surface area contributed by atoms with Crippen molar-refractivity contribution in [2.24, 2.45) is 0 Å². The fourth-order valence-electron chi connectivity index (χ4n) is 4.97. The Morgan fingerprint density at radius 2 is 1.80 bits per heavy atom. The van der Waals surface area contributed by atoms with Gasteiger partial charge >= 0.3 is 0 Å². The molecular formula is C26H29NO3. The molecule has 1 saturated heterocycles. The zero-order valence-electron chi connectivity index (χ0n) is 17.4. The highest BCUT2D eigenvalue weighted by molar-refractivity contribution is 5.83. The van der Waals surface area contributed by atoms with Gasteiger partial charge in [0.25, 0.3) is 0 Å². The van der Waals surface area contributed by atoms with Crippen LogP contribution in [0.2, 0.25) is 0 Å². The average Bonchev–Trinajstić information content (AvgIpc) is 2.76. The molecule has 2 aliphatic heterocycles. The number of β-amino-alcohol motifs (C(OH)–C–C–N with tert-alkyl or cyclic N) is 1. The molecule has 3 aromatic carbocycles. The third-order valence-corrected chi connectivity index (χ3v) is 6.77. The summed E-state index contributed by atoms with van der Waals surface area (Å²) in [4.78, 5) is 2.31. The molecule has 2 aliphatic rings. The Kier molecular flexibility index (Phi) is 5.02. The van der Waals surface area contributed by atoms with E-state index in [0.717, 1.165) is 53.8 Å². The first-order valence-corrected chi connectivity index (χ1v) is 10.9. The fourth-order valence-corrected chi connectivity index (χ4v) is 4.97. The van der Waals surface area contributed by atoms with Crippen molar-refractivity contribution in [1.82, 2.24) is 4.90 Å². The molecule has 0 unspecified atom stereocenters. The van der Waals surface area contributed by atoms with Crippen molar-refractivity contribution in [3.8, 4) is 5.75 Å². The normalized spacial score (nSPS) is 21.9. The highest BCUT2D eigenvalue weighted by Crippen LogP contribution is 2.44. The van der Waals surface area contributed by atoms with Gasteiger partial charge in [0.15, 0.2) is 0 Å². The Morgan fingerprint density at radius 3 is 2.60 bits per heavy atom. The van der Waals surface area contributed by atoms with E-state index in [1.807, 2.05) is 43.3 Å². The topological polar surface area (TPSA) is 52.9 Å². The molecule has 0 aliphatic carbocycles. The molecule has 30 heavy (non-hydrogen) atoms. The third kappa shape index (κ3) is 3.71. The van der Waals surface area contributed by atoms with Crippen LogP contribution in [0.3, 0.4) is 0 Å². The number of rotatable bonds is 3. The molecule has 1 spiro atoms. The van der Waals surface area contributed by atoms with E-state index in [2.05, 4.69) is 29.2 Å². The minimum atomic E-state index is -0.509. The molecule has 1 fully saturated rings. The maximum absolute atomic E-state index is 10.8. The largest absolute Gasteiger partial charge is 0.487 e. The van der Waals surface area contributed by atoms with E-state index >= 15 is 0 Å². The SMILES string of the molecule is Cc1ccc2c(c1)[C@H](O)CC1(CCN(C[C@@H](O)c3ccc4ccccc4c3)CC1)O2. The van der Waals surface area contributed by atoms with E-state index in [0.29, 0.717) is 13.0 Å². The van der Waals surface area contributed by atoms with Crippen LogP contribution in [0, 0.1) is 6.92 Å². The van der Waals surface area contributed by atoms with Crippen molar-refractivity contribution < 1.29 is 14.9 Å². The van der Waals surface area contributed by atoms with Crippen LogP contribution in [0.25, 0.3) is 10.8 Å². The summed E-state index contributed by atoms with van der Waals surface area (Å²) in [5, 5.41) is 23.9. The van der Waals surface area contributed by atoms with Gasteiger partial charge in [-0.1, -0.05) is 48.0 Å². The Hall–Kier alpha value is -2.40. The lowest BCUT2D eigenvalue weighted by molar-refractivity contribution is -0.0588. The molecular weight excluding hydrogens is 374 g/mol. The zero-order chi connectivity index (χ0) is 20.7. The Morgan fingerprint density at radius 1 is 1.03 bits per heavy atom. The number of aryl methyl sites for hydroxylation is 1. The van der Waals surface area contributed by atoms with Gasteiger partial charge in [0.1, 0.15) is 11.4 Å². The number of ether oxygens (including phenoxy) is 1. The van der Waals surface area contributed by atoms with Crippen molar-refractivity contribution in [2.75, 3.05) is 19.6 Å². The van der Waals surface area contributed by atoms with Crippen LogP contribution in [0.5, 0.6) is 5.75 Å². The summed E-state index contributed by atoms with van der Waals surface area (Å²) in [6.07, 6.45) is 1.39. The van der Waals surface area contributed by atoms with Crippen LogP contribution in [-0.2, 0) is 0 Å². The van der Waals surface area contributed by atoms with E-state index in [1.54, 1.807) is 0 Å². The molecule has 0 saturated carbocycles. The van der Waals surface area contributed by atoms with E-state index in [9.17, 15) is 10.2 Å². The lowest BCUT2D eigenvalue weighted by Gasteiger charge is -2.46. The standard InChI is InChI=1S/C26H29NO3/c1-18-6-9-25-22(14-18)23(28)16-26(30-25)10-12-27(13-11-26)17-24(29)21-8-7-19-4-2-3-5-20(19)15-21/h2-9,14-15,23-24,28-29H,10-13,16-17H2,1H3/t23-,24-/m1/s1. The zero-order valence-corrected chi connectivity index (χ0v) is 17.4. The summed E-state index contributed by atoms with van der Waals surface area (Å²) in [5.41, 5.74) is 2.72. The smallest absolute Gasteiger partial charge is 0.125 e. The number of aliphatic hydroxyl groups is 2. The van der Waals surface area contributed by atoms with E-state index in [1.165, 1.54) is 5.39 Å². The Bertz CT molecular complexity index is 1060. The minimum Gasteiger partial charge on any atom is -0.487 e. The van der Waals surface area contributed by atoms with Gasteiger partial charge in [-0.15, -0.1) is 0 Å². The molecule has 0 aromatic heterocycles. The minimum absolute atomic E-state index is 0.300. The number of fused-ring (bicyclic) bond motifs is 2. The highest BCUT2D eigenvalue weighted by atomic mass is 16.5. The summed E-state index contributed by atoms with van der Waals surface area (Å²) in [6, 6.07) is 20.5. The number of nitrogens with zero attached hydrogens (tertiary/aromatic N) is 1. The molecule has 156 valence electrons. The summed E-state index contributed by atoms with van der Waals surface area (Å²) < 4.78 is 6.42. The lowest BCUT2D eigenvalue weighted by atomic mass is 9.81. The predicted octanol–water partition coefficient (Wildman–Crippen LogP) is 4.53. The molecule has 4 nitrogen and oxygen atoms in total. The molecule has 5 rings (SSSR count). The van der Waals surface area contributed by atoms with Crippen LogP contribution in [0.4, 0.5) is 0 Å². The summed E-state index contributed by atoms with van der Waals surface area (Å²) in [5.74, 6) is 0.823. The molecule has 4 heteroatoms. The van der Waals surface area contributed by atoms with Gasteiger partial charge in [-0.05, 0) is 54.3 Å². The van der Waals surface area contributed by atoms with Gasteiger partial charge in [-0.2, -0.15) is 0 Å². The number of likely N-dealkylation sites (tertiary alicyclic amines) is 1. The van der Waals surface area contributed by atoms with Crippen molar-refractivity contribution >= 4 is 10.8 Å². The quantitative estimate of drug-likeness (QED) is 0.675. The third-order valence-electron chi connectivity index (χ3n) is 6.77. The lowest BCUT2D eigenvalue weighted by Crippen LogP contribution is -2.51. The van der Waals surface area contributed by atoms with Crippen molar-refractivity contribution in [1.29, 1.82) is 0 Å². The Balaban J connectivity index is 1.24. The van der Waals surface area contributed by atoms with Crippen molar-refractivity contribution in [3.05, 3.63) is 77.4 Å². The van der Waals surface area contributed by atoms with Gasteiger partial charge in [0.05, 0.1) is 12.2 Å². The molecule has 2 N–H and O–H groups in total. The van der Waals surface area contributed by atoms with Crippen LogP contribution >= 0.6 is 0 Å². The first-order valence-electron chi connectivity index (χ1n) is 10.9. The van der Waals surface area contributed by atoms with Gasteiger partial charge < -0.3 is 19.8 Å². The number of hydrogen-bond acceptors (Lipinski definition) is 4. The molecule has 0 bridgehead atoms. The number of benzene rings is 3. The van der Waals surface area contributed by atoms with E-state index in [-0.39, 0.29) is 5.60 Å². The van der Waals surface area contributed by atoms with Gasteiger partial charge in [0.2, 0.25) is 0 Å². The first-order chi connectivity index (χ1) is 14.5. The first kappa shape index (κ1) is 19.6. The Labute approximate surface area is 177 Å². The van der Waals surface area contributed by atoms with Crippen molar-refractivity contribution in [3.63, 3.8) is 0 Å². The number of hydrogen-bond donors (Lipinski definition) is 2. The van der Waals surface area contributed by atoms with Crippen LogP contribution < -0.4 is 4.74 Å². The molecule has 2 heterocycles. The van der Waals surface area contributed by atoms with Crippen molar-refractivity contribution in [2.45, 2.75) is 44.0 Å². The van der Waals surface area contributed by atoms with Gasteiger partial charge in [-0.3, -0.25) is 0 Å².